The molecule has 3 rings (SSSR count). The quantitative estimate of drug-likeness (QED) is 0.896. The number of rotatable bonds is 4. The van der Waals surface area contributed by atoms with E-state index in [2.05, 4.69) is 40.2 Å². The molecule has 0 unspecified atom stereocenters. The van der Waals surface area contributed by atoms with E-state index in [-0.39, 0.29) is 6.03 Å². The second-order valence-electron chi connectivity index (χ2n) is 7.19. The average molecular weight is 371 g/mol. The lowest BCUT2D eigenvalue weighted by atomic mass is 10.2. The highest BCUT2D eigenvalue weighted by Gasteiger charge is 2.22. The average Bonchev–Trinajstić information content (AvgIpc) is 2.84. The minimum atomic E-state index is -0.0365. The molecule has 1 aliphatic rings. The SMILES string of the molecule is CCCn1nc(C)c(NC(=O)N2CCCN(c3ccncc3C)CC2)c1C. The number of urea groups is 1. The summed E-state index contributed by atoms with van der Waals surface area (Å²) >= 11 is 0. The number of nitrogens with zero attached hydrogens (tertiary/aromatic N) is 5. The van der Waals surface area contributed by atoms with Crippen molar-refractivity contribution in [2.45, 2.75) is 47.1 Å². The summed E-state index contributed by atoms with van der Waals surface area (Å²) in [5.74, 6) is 0. The van der Waals surface area contributed by atoms with Crippen molar-refractivity contribution in [1.29, 1.82) is 0 Å². The summed E-state index contributed by atoms with van der Waals surface area (Å²) in [6, 6.07) is 2.02. The standard InChI is InChI=1S/C20H30N6O/c1-5-9-26-17(4)19(16(3)23-26)22-20(27)25-11-6-10-24(12-13-25)18-7-8-21-14-15(18)2/h7-8,14H,5-6,9-13H2,1-4H3,(H,22,27). The zero-order chi connectivity index (χ0) is 19.4. The number of amides is 2. The fourth-order valence-electron chi connectivity index (χ4n) is 3.68. The van der Waals surface area contributed by atoms with Gasteiger partial charge in [-0.25, -0.2) is 4.79 Å². The van der Waals surface area contributed by atoms with E-state index < -0.39 is 0 Å². The van der Waals surface area contributed by atoms with Gasteiger partial charge in [-0.1, -0.05) is 6.92 Å². The van der Waals surface area contributed by atoms with Crippen LogP contribution in [0.15, 0.2) is 18.5 Å². The van der Waals surface area contributed by atoms with Gasteiger partial charge in [0.25, 0.3) is 0 Å². The molecule has 2 aromatic rings. The Bertz CT molecular complexity index is 800. The molecule has 1 fully saturated rings. The van der Waals surface area contributed by atoms with Crippen molar-refractivity contribution < 1.29 is 4.79 Å². The Morgan fingerprint density at radius 3 is 2.74 bits per heavy atom. The van der Waals surface area contributed by atoms with E-state index in [1.54, 1.807) is 0 Å². The summed E-state index contributed by atoms with van der Waals surface area (Å²) < 4.78 is 1.97. The minimum Gasteiger partial charge on any atom is -0.369 e. The highest BCUT2D eigenvalue weighted by Crippen LogP contribution is 2.22. The third-order valence-electron chi connectivity index (χ3n) is 5.16. The number of carbonyl (C=O) groups is 1. The molecular weight excluding hydrogens is 340 g/mol. The van der Waals surface area contributed by atoms with Gasteiger partial charge in [0.1, 0.15) is 0 Å². The summed E-state index contributed by atoms with van der Waals surface area (Å²) in [5, 5.41) is 7.64. The highest BCUT2D eigenvalue weighted by molar-refractivity contribution is 5.90. The molecule has 0 aliphatic carbocycles. The Balaban J connectivity index is 1.66. The Morgan fingerprint density at radius 2 is 2.00 bits per heavy atom. The predicted molar refractivity (Wildman–Crippen MR) is 108 cm³/mol. The van der Waals surface area contributed by atoms with Crippen molar-refractivity contribution in [2.24, 2.45) is 0 Å². The molecule has 146 valence electrons. The first-order chi connectivity index (χ1) is 13.0. The van der Waals surface area contributed by atoms with Crippen molar-refractivity contribution in [1.82, 2.24) is 19.7 Å². The first-order valence-corrected chi connectivity index (χ1v) is 9.76. The number of hydrogen-bond donors (Lipinski definition) is 1. The van der Waals surface area contributed by atoms with Gasteiger partial charge in [0.05, 0.1) is 17.1 Å². The lowest BCUT2D eigenvalue weighted by Crippen LogP contribution is -2.38. The molecule has 2 amide bonds. The third kappa shape index (κ3) is 4.23. The van der Waals surface area contributed by atoms with Gasteiger partial charge in [-0.2, -0.15) is 5.10 Å². The van der Waals surface area contributed by atoms with Crippen LogP contribution in [-0.2, 0) is 6.54 Å². The van der Waals surface area contributed by atoms with Crippen LogP contribution in [-0.4, -0.2) is 51.9 Å². The second kappa shape index (κ2) is 8.41. The molecule has 0 bridgehead atoms. The molecular formula is C20H30N6O. The Kier molecular flexibility index (Phi) is 5.98. The predicted octanol–water partition coefficient (Wildman–Crippen LogP) is 3.36. The summed E-state index contributed by atoms with van der Waals surface area (Å²) in [4.78, 5) is 21.3. The highest BCUT2D eigenvalue weighted by atomic mass is 16.2. The molecule has 0 atom stereocenters. The van der Waals surface area contributed by atoms with E-state index in [1.807, 2.05) is 35.8 Å². The van der Waals surface area contributed by atoms with Gasteiger partial charge in [0.2, 0.25) is 0 Å². The number of anilines is 2. The molecule has 1 N–H and O–H groups in total. The topological polar surface area (TPSA) is 66.3 Å². The van der Waals surface area contributed by atoms with Gasteiger partial charge >= 0.3 is 6.03 Å². The maximum Gasteiger partial charge on any atom is 0.322 e. The van der Waals surface area contributed by atoms with Gasteiger partial charge < -0.3 is 15.1 Å². The lowest BCUT2D eigenvalue weighted by Gasteiger charge is -2.25. The number of aromatic nitrogens is 3. The molecule has 1 aliphatic heterocycles. The number of hydrogen-bond acceptors (Lipinski definition) is 4. The first-order valence-electron chi connectivity index (χ1n) is 9.76. The first kappa shape index (κ1) is 19.2. The Labute approximate surface area is 161 Å². The molecule has 27 heavy (non-hydrogen) atoms. The van der Waals surface area contributed by atoms with Crippen LogP contribution in [0.3, 0.4) is 0 Å². The summed E-state index contributed by atoms with van der Waals surface area (Å²) in [5.41, 5.74) is 5.12. The molecule has 3 heterocycles. The molecule has 7 nitrogen and oxygen atoms in total. The zero-order valence-corrected chi connectivity index (χ0v) is 16.8. The van der Waals surface area contributed by atoms with Crippen LogP contribution in [0.1, 0.15) is 36.7 Å². The van der Waals surface area contributed by atoms with Gasteiger partial charge in [0.15, 0.2) is 0 Å². The summed E-state index contributed by atoms with van der Waals surface area (Å²) in [6.07, 6.45) is 5.69. The largest absolute Gasteiger partial charge is 0.369 e. The number of carbonyl (C=O) groups excluding carboxylic acids is 1. The van der Waals surface area contributed by atoms with Crippen LogP contribution in [0.2, 0.25) is 0 Å². The fraction of sp³-hybridized carbons (Fsp3) is 0.550. The van der Waals surface area contributed by atoms with E-state index in [9.17, 15) is 4.79 Å². The summed E-state index contributed by atoms with van der Waals surface area (Å²) in [7, 11) is 0. The van der Waals surface area contributed by atoms with Crippen LogP contribution in [0.5, 0.6) is 0 Å². The smallest absolute Gasteiger partial charge is 0.322 e. The molecule has 0 spiro atoms. The van der Waals surface area contributed by atoms with Crippen LogP contribution in [0.25, 0.3) is 0 Å². The molecule has 7 heteroatoms. The maximum absolute atomic E-state index is 12.9. The van der Waals surface area contributed by atoms with Gasteiger partial charge in [-0.3, -0.25) is 9.67 Å². The molecule has 1 saturated heterocycles. The van der Waals surface area contributed by atoms with Crippen LogP contribution in [0, 0.1) is 20.8 Å². The normalized spacial score (nSPS) is 15.0. The number of aryl methyl sites for hydroxylation is 3. The zero-order valence-electron chi connectivity index (χ0n) is 16.8. The molecule has 2 aromatic heterocycles. The van der Waals surface area contributed by atoms with E-state index in [0.29, 0.717) is 6.54 Å². The lowest BCUT2D eigenvalue weighted by molar-refractivity contribution is 0.215. The van der Waals surface area contributed by atoms with Crippen LogP contribution >= 0.6 is 0 Å². The number of nitrogens with one attached hydrogen (secondary N) is 1. The van der Waals surface area contributed by atoms with Crippen LogP contribution < -0.4 is 10.2 Å². The summed E-state index contributed by atoms with van der Waals surface area (Å²) in [6.45, 7) is 12.3. The van der Waals surface area contributed by atoms with E-state index in [1.165, 1.54) is 11.3 Å². The third-order valence-corrected chi connectivity index (χ3v) is 5.16. The van der Waals surface area contributed by atoms with Gasteiger partial charge in [0, 0.05) is 50.8 Å². The maximum atomic E-state index is 12.9. The Morgan fingerprint density at radius 1 is 1.19 bits per heavy atom. The Hall–Kier alpha value is -2.57. The molecule has 0 aromatic carbocycles. The van der Waals surface area contributed by atoms with Crippen LogP contribution in [0.4, 0.5) is 16.2 Å². The van der Waals surface area contributed by atoms with E-state index >= 15 is 0 Å². The van der Waals surface area contributed by atoms with E-state index in [4.69, 9.17) is 0 Å². The van der Waals surface area contributed by atoms with Gasteiger partial charge in [-0.15, -0.1) is 0 Å². The second-order valence-corrected chi connectivity index (χ2v) is 7.19. The minimum absolute atomic E-state index is 0.0365. The number of pyridine rings is 1. The monoisotopic (exact) mass is 370 g/mol. The van der Waals surface area contributed by atoms with Crippen molar-refractivity contribution in [3.8, 4) is 0 Å². The molecule has 0 radical (unpaired) electrons. The van der Waals surface area contributed by atoms with E-state index in [0.717, 1.165) is 56.1 Å². The van der Waals surface area contributed by atoms with Crippen molar-refractivity contribution >= 4 is 17.4 Å². The van der Waals surface area contributed by atoms with Crippen molar-refractivity contribution in [2.75, 3.05) is 36.4 Å². The van der Waals surface area contributed by atoms with Gasteiger partial charge in [-0.05, 0) is 45.2 Å². The van der Waals surface area contributed by atoms with Crippen molar-refractivity contribution in [3.63, 3.8) is 0 Å². The fourth-order valence-corrected chi connectivity index (χ4v) is 3.68. The molecule has 0 saturated carbocycles. The van der Waals surface area contributed by atoms with Crippen molar-refractivity contribution in [3.05, 3.63) is 35.4 Å².